The van der Waals surface area contributed by atoms with E-state index in [1.165, 1.54) is 12.1 Å². The molecule has 1 atom stereocenters. The number of thiophene rings is 1. The number of methoxy groups -OCH3 is 1. The number of ether oxygens (including phenoxy) is 1. The Morgan fingerprint density at radius 2 is 1.91 bits per heavy atom. The molecular weight excluding hydrogens is 616 g/mol. The first kappa shape index (κ1) is 29.3. The molecule has 0 unspecified atom stereocenters. The molecule has 1 amide bonds. The molecule has 2 aromatic carbocycles. The molecule has 236 valence electrons. The number of amides is 1. The van der Waals surface area contributed by atoms with E-state index in [4.69, 9.17) is 14.1 Å². The number of carbonyl (C=O) groups excluding carboxylic acids is 1. The lowest BCUT2D eigenvalue weighted by Gasteiger charge is -2.16. The summed E-state index contributed by atoms with van der Waals surface area (Å²) < 4.78 is 26.1. The normalized spacial score (nSPS) is 15.3. The van der Waals surface area contributed by atoms with Gasteiger partial charge >= 0.3 is 0 Å². The van der Waals surface area contributed by atoms with Gasteiger partial charge in [0.1, 0.15) is 17.4 Å². The fraction of sp³-hybridized carbons (Fsp3) is 0.250. The summed E-state index contributed by atoms with van der Waals surface area (Å²) >= 11 is 1.58. The topological polar surface area (TPSA) is 106 Å². The Hall–Kier alpha value is -5.16. The second kappa shape index (κ2) is 11.9. The molecule has 4 aromatic heterocycles. The summed E-state index contributed by atoms with van der Waals surface area (Å²) in [5.74, 6) is 2.02. The van der Waals surface area contributed by atoms with Crippen LogP contribution in [0.25, 0.3) is 32.0 Å². The SMILES string of the molecule is COc1cccc(CNc2nccc3cc(-c4c5c(nc(CCc6ccc(F)cc6)c4-c4nnc(C)o4)[C@@H]4CCCN4C5=O)sc23)c1. The van der Waals surface area contributed by atoms with Crippen molar-refractivity contribution in [2.75, 3.05) is 19.0 Å². The summed E-state index contributed by atoms with van der Waals surface area (Å²) in [6, 6.07) is 18.5. The first-order valence-electron chi connectivity index (χ1n) is 15.6. The Morgan fingerprint density at radius 3 is 2.72 bits per heavy atom. The molecule has 2 aliphatic heterocycles. The van der Waals surface area contributed by atoms with Crippen molar-refractivity contribution in [1.29, 1.82) is 0 Å². The molecule has 1 fully saturated rings. The van der Waals surface area contributed by atoms with Gasteiger partial charge in [-0.15, -0.1) is 21.5 Å². The van der Waals surface area contributed by atoms with Gasteiger partial charge in [-0.05, 0) is 78.6 Å². The van der Waals surface area contributed by atoms with E-state index in [0.717, 1.165) is 67.5 Å². The van der Waals surface area contributed by atoms with E-state index in [0.29, 0.717) is 48.8 Å². The lowest BCUT2D eigenvalue weighted by atomic mass is 9.93. The summed E-state index contributed by atoms with van der Waals surface area (Å²) in [7, 11) is 1.66. The van der Waals surface area contributed by atoms with Gasteiger partial charge in [-0.3, -0.25) is 9.78 Å². The minimum atomic E-state index is -0.273. The fourth-order valence-corrected chi connectivity index (χ4v) is 7.88. The van der Waals surface area contributed by atoms with Gasteiger partial charge in [0.05, 0.1) is 40.4 Å². The minimum absolute atomic E-state index is 0.0143. The summed E-state index contributed by atoms with van der Waals surface area (Å²) in [4.78, 5) is 26.9. The molecule has 0 radical (unpaired) electrons. The number of fused-ring (bicyclic) bond motifs is 4. The predicted molar refractivity (Wildman–Crippen MR) is 178 cm³/mol. The number of aryl methyl sites for hydroxylation is 3. The van der Waals surface area contributed by atoms with Gasteiger partial charge < -0.3 is 19.4 Å². The molecule has 0 aliphatic carbocycles. The van der Waals surface area contributed by atoms with Crippen molar-refractivity contribution in [1.82, 2.24) is 25.1 Å². The largest absolute Gasteiger partial charge is 0.497 e. The number of nitrogens with zero attached hydrogens (tertiary/aromatic N) is 5. The van der Waals surface area contributed by atoms with Gasteiger partial charge in [-0.25, -0.2) is 9.37 Å². The molecule has 0 bridgehead atoms. The molecule has 2 aliphatic rings. The lowest BCUT2D eigenvalue weighted by Crippen LogP contribution is -2.22. The third-order valence-corrected chi connectivity index (χ3v) is 10.1. The van der Waals surface area contributed by atoms with E-state index >= 15 is 0 Å². The second-order valence-electron chi connectivity index (χ2n) is 11.9. The van der Waals surface area contributed by atoms with Gasteiger partial charge in [-0.1, -0.05) is 24.3 Å². The van der Waals surface area contributed by atoms with Crippen LogP contribution in [0.1, 0.15) is 57.6 Å². The van der Waals surface area contributed by atoms with Crippen molar-refractivity contribution in [2.45, 2.75) is 45.2 Å². The Bertz CT molecular complexity index is 2140. The number of carbonyl (C=O) groups is 1. The zero-order valence-electron chi connectivity index (χ0n) is 25.9. The number of halogens is 1. The zero-order chi connectivity index (χ0) is 32.1. The maximum absolute atomic E-state index is 14.1. The number of benzene rings is 2. The van der Waals surface area contributed by atoms with Gasteiger partial charge in [0, 0.05) is 36.7 Å². The van der Waals surface area contributed by atoms with E-state index in [1.807, 2.05) is 35.2 Å². The first-order valence-corrected chi connectivity index (χ1v) is 16.5. The fourth-order valence-electron chi connectivity index (χ4n) is 6.70. The van der Waals surface area contributed by atoms with E-state index in [1.54, 1.807) is 43.7 Å². The van der Waals surface area contributed by atoms with Crippen LogP contribution in [0.4, 0.5) is 10.2 Å². The van der Waals surface area contributed by atoms with Gasteiger partial charge in [0.25, 0.3) is 5.91 Å². The molecule has 9 nitrogen and oxygen atoms in total. The van der Waals surface area contributed by atoms with Crippen LogP contribution in [-0.2, 0) is 19.4 Å². The summed E-state index contributed by atoms with van der Waals surface area (Å²) in [6.07, 6.45) is 4.78. The molecule has 47 heavy (non-hydrogen) atoms. The summed E-state index contributed by atoms with van der Waals surface area (Å²) in [5, 5.41) is 13.1. The van der Waals surface area contributed by atoms with Crippen molar-refractivity contribution < 1.29 is 18.3 Å². The smallest absolute Gasteiger partial charge is 0.257 e. The van der Waals surface area contributed by atoms with Gasteiger partial charge in [-0.2, -0.15) is 0 Å². The number of rotatable bonds is 9. The number of aromatic nitrogens is 4. The molecule has 0 saturated carbocycles. The zero-order valence-corrected chi connectivity index (χ0v) is 26.7. The molecule has 6 aromatic rings. The van der Waals surface area contributed by atoms with Crippen LogP contribution in [0.15, 0.2) is 71.3 Å². The highest BCUT2D eigenvalue weighted by Crippen LogP contribution is 2.50. The third-order valence-electron chi connectivity index (χ3n) is 8.92. The Labute approximate surface area is 274 Å². The number of anilines is 1. The van der Waals surface area contributed by atoms with Crippen LogP contribution < -0.4 is 10.1 Å². The number of hydrogen-bond acceptors (Lipinski definition) is 9. The van der Waals surface area contributed by atoms with Crippen LogP contribution in [-0.4, -0.2) is 44.6 Å². The quantitative estimate of drug-likeness (QED) is 0.172. The monoisotopic (exact) mass is 646 g/mol. The van der Waals surface area contributed by atoms with Gasteiger partial charge in [0.2, 0.25) is 11.8 Å². The minimum Gasteiger partial charge on any atom is -0.497 e. The highest BCUT2D eigenvalue weighted by atomic mass is 32.1. The van der Waals surface area contributed by atoms with E-state index < -0.39 is 0 Å². The predicted octanol–water partition coefficient (Wildman–Crippen LogP) is 7.55. The Morgan fingerprint density at radius 1 is 1.04 bits per heavy atom. The van der Waals surface area contributed by atoms with E-state index in [-0.39, 0.29) is 17.8 Å². The number of hydrogen-bond donors (Lipinski definition) is 1. The van der Waals surface area contributed by atoms with Crippen LogP contribution in [0.5, 0.6) is 5.75 Å². The van der Waals surface area contributed by atoms with Crippen molar-refractivity contribution in [3.8, 4) is 27.6 Å². The average Bonchev–Trinajstić information content (AvgIpc) is 3.89. The third kappa shape index (κ3) is 5.30. The van der Waals surface area contributed by atoms with E-state index in [9.17, 15) is 9.18 Å². The lowest BCUT2D eigenvalue weighted by molar-refractivity contribution is 0.0776. The maximum Gasteiger partial charge on any atom is 0.257 e. The van der Waals surface area contributed by atoms with Crippen molar-refractivity contribution >= 4 is 33.1 Å². The summed E-state index contributed by atoms with van der Waals surface area (Å²) in [6.45, 7) is 3.02. The van der Waals surface area contributed by atoms with Crippen molar-refractivity contribution in [3.63, 3.8) is 0 Å². The highest BCUT2D eigenvalue weighted by molar-refractivity contribution is 7.23. The summed E-state index contributed by atoms with van der Waals surface area (Å²) in [5.41, 5.74) is 5.69. The van der Waals surface area contributed by atoms with Crippen LogP contribution in [0.2, 0.25) is 0 Å². The maximum atomic E-state index is 14.1. The van der Waals surface area contributed by atoms with Crippen LogP contribution in [0.3, 0.4) is 0 Å². The second-order valence-corrected chi connectivity index (χ2v) is 12.9. The Kier molecular flexibility index (Phi) is 7.40. The molecule has 6 heterocycles. The highest BCUT2D eigenvalue weighted by Gasteiger charge is 2.44. The standard InChI is InChI=1S/C36H31FN6O3S/c1-20-41-42-35(46-20)29-26(13-10-21-8-11-24(37)12-9-21)40-32-27-7-4-16-43(27)36(44)31(32)30(29)28-18-23-14-15-38-34(33(23)47-28)39-19-22-5-3-6-25(17-22)45-2/h3,5-6,8-9,11-12,14-15,17-18,27H,4,7,10,13,16,19H2,1-2H3,(H,38,39)/t27-/m0/s1. The van der Waals surface area contributed by atoms with Crippen LogP contribution >= 0.6 is 11.3 Å². The number of pyridine rings is 2. The molecule has 0 spiro atoms. The average molecular weight is 647 g/mol. The molecule has 8 rings (SSSR count). The molecule has 11 heteroatoms. The van der Waals surface area contributed by atoms with Crippen molar-refractivity contribution in [3.05, 3.63) is 107 Å². The van der Waals surface area contributed by atoms with Gasteiger partial charge in [0.15, 0.2) is 0 Å². The molecule has 1 N–H and O–H groups in total. The first-order chi connectivity index (χ1) is 23.0. The van der Waals surface area contributed by atoms with E-state index in [2.05, 4.69) is 26.6 Å². The molecule has 1 saturated heterocycles. The van der Waals surface area contributed by atoms with Crippen molar-refractivity contribution in [2.24, 2.45) is 0 Å². The van der Waals surface area contributed by atoms with Crippen LogP contribution in [0, 0.1) is 12.7 Å². The Balaban J connectivity index is 1.28. The number of nitrogens with one attached hydrogen (secondary N) is 1. The molecular formula is C36H31FN6O3S.